The molecule has 1 aromatic rings. The van der Waals surface area contributed by atoms with Gasteiger partial charge in [-0.05, 0) is 19.8 Å². The molecule has 6 nitrogen and oxygen atoms in total. The third kappa shape index (κ3) is 9.72. The van der Waals surface area contributed by atoms with Crippen LogP contribution in [0.4, 0.5) is 0 Å². The normalized spacial score (nSPS) is 12.6. The van der Waals surface area contributed by atoms with Gasteiger partial charge < -0.3 is 19.7 Å². The number of rotatable bonds is 11. The number of unbranched alkanes of at least 4 members (excludes halogenated alkanes) is 1. The van der Waals surface area contributed by atoms with Gasteiger partial charge in [0.05, 0.1) is 12.2 Å². The molecule has 0 aliphatic carbocycles. The second-order valence-corrected chi connectivity index (χ2v) is 6.59. The quantitative estimate of drug-likeness (QED) is 0.225. The maximum absolute atomic E-state index is 5.57. The van der Waals surface area contributed by atoms with Gasteiger partial charge in [-0.3, -0.25) is 4.99 Å². The van der Waals surface area contributed by atoms with E-state index in [2.05, 4.69) is 32.5 Å². The highest BCUT2D eigenvalue weighted by Crippen LogP contribution is 2.20. The molecule has 0 saturated carbocycles. The third-order valence-electron chi connectivity index (χ3n) is 3.63. The zero-order valence-electron chi connectivity index (χ0n) is 16.1. The van der Waals surface area contributed by atoms with Gasteiger partial charge in [0.1, 0.15) is 11.1 Å². The molecule has 0 fully saturated rings. The number of hydrogen-bond donors (Lipinski definition) is 1. The Bertz CT molecular complexity index is 485. The summed E-state index contributed by atoms with van der Waals surface area (Å²) in [5, 5.41) is 6.45. The van der Waals surface area contributed by atoms with Crippen molar-refractivity contribution in [2.45, 2.75) is 45.8 Å². The molecule has 0 radical (unpaired) electrons. The van der Waals surface area contributed by atoms with Crippen LogP contribution < -0.4 is 5.32 Å². The molecule has 146 valence electrons. The molecular formula is C17H33IN4O2S. The van der Waals surface area contributed by atoms with Crippen molar-refractivity contribution in [3.63, 3.8) is 0 Å². The summed E-state index contributed by atoms with van der Waals surface area (Å²) in [6.07, 6.45) is 3.33. The van der Waals surface area contributed by atoms with Crippen LogP contribution in [0.2, 0.25) is 0 Å². The summed E-state index contributed by atoms with van der Waals surface area (Å²) in [6.45, 7) is 7.41. The molecule has 1 heterocycles. The number of nitrogens with one attached hydrogen (secondary N) is 1. The lowest BCUT2D eigenvalue weighted by Gasteiger charge is -2.21. The highest BCUT2D eigenvalue weighted by atomic mass is 127. The number of methoxy groups -OCH3 is 1. The van der Waals surface area contributed by atoms with E-state index in [4.69, 9.17) is 9.47 Å². The molecule has 1 N–H and O–H groups in total. The van der Waals surface area contributed by atoms with E-state index in [-0.39, 0.29) is 30.1 Å². The molecule has 1 rings (SSSR count). The minimum Gasteiger partial charge on any atom is -0.381 e. The maximum Gasteiger partial charge on any atom is 0.193 e. The number of halogens is 1. The smallest absolute Gasteiger partial charge is 0.193 e. The van der Waals surface area contributed by atoms with E-state index in [1.807, 2.05) is 14.0 Å². The van der Waals surface area contributed by atoms with Gasteiger partial charge in [-0.25, -0.2) is 4.98 Å². The van der Waals surface area contributed by atoms with Crippen LogP contribution in [-0.4, -0.2) is 56.8 Å². The van der Waals surface area contributed by atoms with Gasteiger partial charge >= 0.3 is 0 Å². The Morgan fingerprint density at radius 1 is 1.40 bits per heavy atom. The van der Waals surface area contributed by atoms with E-state index >= 15 is 0 Å². The number of thiazole rings is 1. The minimum atomic E-state index is 0. The summed E-state index contributed by atoms with van der Waals surface area (Å²) in [5.41, 5.74) is 1.03. The molecule has 1 unspecified atom stereocenters. The zero-order chi connectivity index (χ0) is 17.8. The van der Waals surface area contributed by atoms with Crippen LogP contribution in [0.1, 0.15) is 49.9 Å². The minimum absolute atomic E-state index is 0. The van der Waals surface area contributed by atoms with Crippen molar-refractivity contribution >= 4 is 41.3 Å². The first-order valence-corrected chi connectivity index (χ1v) is 9.46. The topological polar surface area (TPSA) is 59.0 Å². The fourth-order valence-corrected chi connectivity index (χ4v) is 2.95. The van der Waals surface area contributed by atoms with Gasteiger partial charge in [0.2, 0.25) is 0 Å². The molecule has 1 aromatic heterocycles. The molecule has 0 spiro atoms. The van der Waals surface area contributed by atoms with Crippen LogP contribution >= 0.6 is 35.3 Å². The fourth-order valence-electron chi connectivity index (χ4n) is 2.11. The van der Waals surface area contributed by atoms with E-state index in [9.17, 15) is 0 Å². The molecule has 0 aliphatic heterocycles. The molecule has 0 saturated heterocycles. The number of aromatic nitrogens is 1. The van der Waals surface area contributed by atoms with Crippen LogP contribution in [-0.2, 0) is 16.0 Å². The van der Waals surface area contributed by atoms with Crippen molar-refractivity contribution in [1.82, 2.24) is 15.2 Å². The zero-order valence-corrected chi connectivity index (χ0v) is 19.2. The molecule has 0 aliphatic rings. The first-order chi connectivity index (χ1) is 11.6. The monoisotopic (exact) mass is 484 g/mol. The average molecular weight is 484 g/mol. The number of hydrogen-bond acceptors (Lipinski definition) is 5. The number of nitrogens with zero attached hydrogens (tertiary/aromatic N) is 3. The van der Waals surface area contributed by atoms with E-state index in [1.165, 1.54) is 6.42 Å². The second kappa shape index (κ2) is 14.7. The fraction of sp³-hybridized carbons (Fsp3) is 0.765. The highest BCUT2D eigenvalue weighted by Gasteiger charge is 2.12. The van der Waals surface area contributed by atoms with E-state index in [0.717, 1.165) is 55.8 Å². The van der Waals surface area contributed by atoms with Crippen LogP contribution in [0.5, 0.6) is 0 Å². The van der Waals surface area contributed by atoms with Crippen LogP contribution in [0, 0.1) is 0 Å². The lowest BCUT2D eigenvalue weighted by atomic mass is 10.3. The molecular weight excluding hydrogens is 451 g/mol. The third-order valence-corrected chi connectivity index (χ3v) is 4.69. The van der Waals surface area contributed by atoms with Gasteiger partial charge in [0.15, 0.2) is 5.96 Å². The Morgan fingerprint density at radius 3 is 2.76 bits per heavy atom. The summed E-state index contributed by atoms with van der Waals surface area (Å²) in [5.74, 6) is 0.873. The van der Waals surface area contributed by atoms with Gasteiger partial charge in [0, 0.05) is 46.3 Å². The van der Waals surface area contributed by atoms with Crippen molar-refractivity contribution in [3.05, 3.63) is 16.1 Å². The summed E-state index contributed by atoms with van der Waals surface area (Å²) in [6, 6.07) is 0. The second-order valence-electron chi connectivity index (χ2n) is 5.70. The van der Waals surface area contributed by atoms with Crippen molar-refractivity contribution in [2.75, 3.05) is 41.0 Å². The molecule has 0 bridgehead atoms. The van der Waals surface area contributed by atoms with Crippen molar-refractivity contribution < 1.29 is 9.47 Å². The summed E-state index contributed by atoms with van der Waals surface area (Å²) in [4.78, 5) is 11.0. The molecule has 0 amide bonds. The Hall–Kier alpha value is -0.450. The van der Waals surface area contributed by atoms with E-state index in [1.54, 1.807) is 25.5 Å². The Balaban J connectivity index is 0.00000576. The van der Waals surface area contributed by atoms with Gasteiger partial charge in [0.25, 0.3) is 0 Å². The lowest BCUT2D eigenvalue weighted by molar-refractivity contribution is 0.119. The largest absolute Gasteiger partial charge is 0.381 e. The number of guanidine groups is 1. The molecule has 8 heteroatoms. The van der Waals surface area contributed by atoms with Crippen LogP contribution in [0.3, 0.4) is 0 Å². The highest BCUT2D eigenvalue weighted by molar-refractivity contribution is 14.0. The summed E-state index contributed by atoms with van der Waals surface area (Å²) in [7, 11) is 5.53. The van der Waals surface area contributed by atoms with Crippen LogP contribution in [0.15, 0.2) is 10.4 Å². The Morgan fingerprint density at radius 2 is 2.12 bits per heavy atom. The Labute approximate surface area is 173 Å². The number of ether oxygens (including phenoxy) is 2. The van der Waals surface area contributed by atoms with Crippen molar-refractivity contribution in [3.8, 4) is 0 Å². The standard InChI is InChI=1S/C17H32N4O2S.HI/c1-6-7-10-23-11-8-9-19-17(18-3)21(4)12-15-13-24-16(20-15)14(2)22-5;/h13-14H,6-12H2,1-5H3,(H,18,19);1H. The molecule has 25 heavy (non-hydrogen) atoms. The summed E-state index contributed by atoms with van der Waals surface area (Å²) < 4.78 is 10.9. The first kappa shape index (κ1) is 24.6. The van der Waals surface area contributed by atoms with Crippen molar-refractivity contribution in [2.24, 2.45) is 4.99 Å². The number of aliphatic imine (C=N–C) groups is 1. The Kier molecular flexibility index (Phi) is 14.4. The van der Waals surface area contributed by atoms with Gasteiger partial charge in [-0.1, -0.05) is 13.3 Å². The van der Waals surface area contributed by atoms with E-state index in [0.29, 0.717) is 0 Å². The predicted molar refractivity (Wildman–Crippen MR) is 116 cm³/mol. The molecule has 1 atom stereocenters. The predicted octanol–water partition coefficient (Wildman–Crippen LogP) is 3.68. The lowest BCUT2D eigenvalue weighted by Crippen LogP contribution is -2.39. The van der Waals surface area contributed by atoms with Crippen LogP contribution in [0.25, 0.3) is 0 Å². The SMILES string of the molecule is CCCCOCCCNC(=NC)N(C)Cc1csc(C(C)OC)n1.I. The van der Waals surface area contributed by atoms with Gasteiger partial charge in [-0.15, -0.1) is 35.3 Å². The van der Waals surface area contributed by atoms with Gasteiger partial charge in [-0.2, -0.15) is 0 Å². The first-order valence-electron chi connectivity index (χ1n) is 8.59. The average Bonchev–Trinajstić information content (AvgIpc) is 3.05. The van der Waals surface area contributed by atoms with Crippen molar-refractivity contribution in [1.29, 1.82) is 0 Å². The van der Waals surface area contributed by atoms with E-state index < -0.39 is 0 Å². The summed E-state index contributed by atoms with van der Waals surface area (Å²) >= 11 is 1.63. The molecule has 0 aromatic carbocycles. The maximum atomic E-state index is 5.57.